The maximum absolute atomic E-state index is 11.0. The van der Waals surface area contributed by atoms with Gasteiger partial charge in [0.25, 0.3) is 0 Å². The molecule has 1 atom stereocenters. The highest BCUT2D eigenvalue weighted by Gasteiger charge is 2.26. The van der Waals surface area contributed by atoms with Crippen molar-refractivity contribution in [1.82, 2.24) is 10.4 Å². The lowest BCUT2D eigenvalue weighted by Crippen LogP contribution is -2.42. The van der Waals surface area contributed by atoms with E-state index in [9.17, 15) is 4.79 Å². The predicted molar refractivity (Wildman–Crippen MR) is 39.2 cm³/mol. The molecule has 1 amide bonds. The van der Waals surface area contributed by atoms with Crippen molar-refractivity contribution >= 4 is 5.91 Å². The van der Waals surface area contributed by atoms with Gasteiger partial charge in [0.2, 0.25) is 5.91 Å². The minimum absolute atomic E-state index is 0.231. The summed E-state index contributed by atoms with van der Waals surface area (Å²) in [6.07, 6.45) is 1.69. The molecule has 3 nitrogen and oxygen atoms in total. The quantitative estimate of drug-likeness (QED) is 0.609. The minimum Gasteiger partial charge on any atom is -0.275 e. The SMILES string of the molecule is CCNN1C(=O)CCC1C. The summed E-state index contributed by atoms with van der Waals surface area (Å²) in [7, 11) is 0. The third kappa shape index (κ3) is 1.29. The molecule has 0 aromatic carbocycles. The van der Waals surface area contributed by atoms with Crippen molar-refractivity contribution in [1.29, 1.82) is 0 Å². The Morgan fingerprint density at radius 1 is 1.80 bits per heavy atom. The first kappa shape index (κ1) is 7.54. The predicted octanol–water partition coefficient (Wildman–Crippen LogP) is 0.522. The van der Waals surface area contributed by atoms with Crippen LogP contribution in [0.3, 0.4) is 0 Å². The Morgan fingerprint density at radius 3 is 2.90 bits per heavy atom. The van der Waals surface area contributed by atoms with Crippen LogP contribution in [-0.4, -0.2) is 23.5 Å². The minimum atomic E-state index is 0.231. The van der Waals surface area contributed by atoms with Crippen molar-refractivity contribution < 1.29 is 4.79 Å². The van der Waals surface area contributed by atoms with Crippen LogP contribution in [0, 0.1) is 0 Å². The number of hydrazine groups is 1. The molecule has 1 saturated heterocycles. The summed E-state index contributed by atoms with van der Waals surface area (Å²) in [6, 6.07) is 0.382. The van der Waals surface area contributed by atoms with Crippen molar-refractivity contribution in [2.24, 2.45) is 0 Å². The van der Waals surface area contributed by atoms with Gasteiger partial charge < -0.3 is 0 Å². The lowest BCUT2D eigenvalue weighted by molar-refractivity contribution is -0.131. The van der Waals surface area contributed by atoms with E-state index < -0.39 is 0 Å². The summed E-state index contributed by atoms with van der Waals surface area (Å²) >= 11 is 0. The smallest absolute Gasteiger partial charge is 0.236 e. The summed E-state index contributed by atoms with van der Waals surface area (Å²) in [5.74, 6) is 0.231. The summed E-state index contributed by atoms with van der Waals surface area (Å²) in [6.45, 7) is 4.89. The van der Waals surface area contributed by atoms with E-state index in [1.807, 2.05) is 6.92 Å². The van der Waals surface area contributed by atoms with E-state index in [-0.39, 0.29) is 5.91 Å². The topological polar surface area (TPSA) is 32.3 Å². The number of amides is 1. The Labute approximate surface area is 61.4 Å². The molecule has 1 aliphatic rings. The van der Waals surface area contributed by atoms with E-state index in [0.29, 0.717) is 12.5 Å². The van der Waals surface area contributed by atoms with Gasteiger partial charge in [-0.25, -0.2) is 5.43 Å². The van der Waals surface area contributed by atoms with Crippen LogP contribution in [0.5, 0.6) is 0 Å². The molecule has 0 radical (unpaired) electrons. The van der Waals surface area contributed by atoms with E-state index in [0.717, 1.165) is 13.0 Å². The lowest BCUT2D eigenvalue weighted by atomic mass is 10.3. The number of carbonyl (C=O) groups excluding carboxylic acids is 1. The monoisotopic (exact) mass is 142 g/mol. The van der Waals surface area contributed by atoms with Crippen LogP contribution >= 0.6 is 0 Å². The number of rotatable bonds is 2. The number of hydrogen-bond acceptors (Lipinski definition) is 2. The third-order valence-electron chi connectivity index (χ3n) is 1.81. The molecule has 1 rings (SSSR count). The van der Waals surface area contributed by atoms with Crippen LogP contribution < -0.4 is 5.43 Å². The molecule has 1 unspecified atom stereocenters. The third-order valence-corrected chi connectivity index (χ3v) is 1.81. The van der Waals surface area contributed by atoms with Gasteiger partial charge in [0.05, 0.1) is 0 Å². The van der Waals surface area contributed by atoms with Gasteiger partial charge in [-0.1, -0.05) is 6.92 Å². The summed E-state index contributed by atoms with van der Waals surface area (Å²) in [5.41, 5.74) is 3.03. The highest BCUT2D eigenvalue weighted by Crippen LogP contribution is 2.14. The Balaban J connectivity index is 2.46. The fourth-order valence-electron chi connectivity index (χ4n) is 1.24. The molecule has 10 heavy (non-hydrogen) atoms. The fraction of sp³-hybridized carbons (Fsp3) is 0.857. The molecule has 1 heterocycles. The first-order valence-corrected chi connectivity index (χ1v) is 3.81. The molecule has 0 aromatic rings. The first-order chi connectivity index (χ1) is 4.75. The molecule has 0 spiro atoms. The lowest BCUT2D eigenvalue weighted by Gasteiger charge is -2.21. The van der Waals surface area contributed by atoms with Crippen molar-refractivity contribution in [3.63, 3.8) is 0 Å². The number of nitrogens with zero attached hydrogens (tertiary/aromatic N) is 1. The van der Waals surface area contributed by atoms with Gasteiger partial charge in [-0.15, -0.1) is 0 Å². The van der Waals surface area contributed by atoms with Crippen LogP contribution in [0.15, 0.2) is 0 Å². The van der Waals surface area contributed by atoms with E-state index in [4.69, 9.17) is 0 Å². The number of hydrogen-bond donors (Lipinski definition) is 1. The molecule has 3 heteroatoms. The average Bonchev–Trinajstić information content (AvgIpc) is 2.20. The molecule has 0 bridgehead atoms. The number of carbonyl (C=O) groups is 1. The molecule has 58 valence electrons. The van der Waals surface area contributed by atoms with Gasteiger partial charge in [-0.05, 0) is 13.3 Å². The molecule has 1 N–H and O–H groups in total. The zero-order chi connectivity index (χ0) is 7.56. The van der Waals surface area contributed by atoms with Gasteiger partial charge in [0.15, 0.2) is 0 Å². The second-order valence-electron chi connectivity index (χ2n) is 2.66. The Kier molecular flexibility index (Phi) is 2.27. The van der Waals surface area contributed by atoms with E-state index in [1.165, 1.54) is 0 Å². The molecule has 0 aliphatic carbocycles. The first-order valence-electron chi connectivity index (χ1n) is 3.81. The zero-order valence-electron chi connectivity index (χ0n) is 6.55. The largest absolute Gasteiger partial charge is 0.275 e. The Bertz CT molecular complexity index is 136. The summed E-state index contributed by atoms with van der Waals surface area (Å²) in [4.78, 5) is 11.0. The molecule has 1 fully saturated rings. The van der Waals surface area contributed by atoms with Crippen LogP contribution in [-0.2, 0) is 4.79 Å². The number of nitrogens with one attached hydrogen (secondary N) is 1. The van der Waals surface area contributed by atoms with Gasteiger partial charge >= 0.3 is 0 Å². The summed E-state index contributed by atoms with van der Waals surface area (Å²) in [5, 5.41) is 1.74. The Hall–Kier alpha value is -0.570. The normalized spacial score (nSPS) is 26.0. The van der Waals surface area contributed by atoms with E-state index in [2.05, 4.69) is 12.3 Å². The van der Waals surface area contributed by atoms with Gasteiger partial charge in [-0.3, -0.25) is 9.80 Å². The van der Waals surface area contributed by atoms with Crippen LogP contribution in [0.2, 0.25) is 0 Å². The second kappa shape index (κ2) is 3.01. The van der Waals surface area contributed by atoms with E-state index in [1.54, 1.807) is 5.01 Å². The molecule has 1 aliphatic heterocycles. The van der Waals surface area contributed by atoms with Gasteiger partial charge in [0, 0.05) is 19.0 Å². The highest BCUT2D eigenvalue weighted by molar-refractivity contribution is 5.78. The van der Waals surface area contributed by atoms with Crippen LogP contribution in [0.4, 0.5) is 0 Å². The van der Waals surface area contributed by atoms with Crippen LogP contribution in [0.1, 0.15) is 26.7 Å². The molecule has 0 saturated carbocycles. The van der Waals surface area contributed by atoms with Crippen LogP contribution in [0.25, 0.3) is 0 Å². The van der Waals surface area contributed by atoms with Crippen molar-refractivity contribution in [3.05, 3.63) is 0 Å². The van der Waals surface area contributed by atoms with E-state index >= 15 is 0 Å². The molecular weight excluding hydrogens is 128 g/mol. The molecular formula is C7H14N2O. The maximum Gasteiger partial charge on any atom is 0.236 e. The standard InChI is InChI=1S/C7H14N2O/c1-3-8-9-6(2)4-5-7(9)10/h6,8H,3-5H2,1-2H3. The maximum atomic E-state index is 11.0. The second-order valence-corrected chi connectivity index (χ2v) is 2.66. The summed E-state index contributed by atoms with van der Waals surface area (Å²) < 4.78 is 0. The van der Waals surface area contributed by atoms with Gasteiger partial charge in [0.1, 0.15) is 0 Å². The fourth-order valence-corrected chi connectivity index (χ4v) is 1.24. The highest BCUT2D eigenvalue weighted by atomic mass is 16.2. The molecule has 0 aromatic heterocycles. The van der Waals surface area contributed by atoms with Crippen molar-refractivity contribution in [2.75, 3.05) is 6.54 Å². The average molecular weight is 142 g/mol. The Morgan fingerprint density at radius 2 is 2.50 bits per heavy atom. The van der Waals surface area contributed by atoms with Crippen molar-refractivity contribution in [2.45, 2.75) is 32.7 Å². The van der Waals surface area contributed by atoms with Gasteiger partial charge in [-0.2, -0.15) is 0 Å². The van der Waals surface area contributed by atoms with Crippen molar-refractivity contribution in [3.8, 4) is 0 Å². The zero-order valence-corrected chi connectivity index (χ0v) is 6.55.